The van der Waals surface area contributed by atoms with E-state index in [9.17, 15) is 8.78 Å². The molecule has 1 N–H and O–H groups in total. The third kappa shape index (κ3) is 2.67. The van der Waals surface area contributed by atoms with Crippen molar-refractivity contribution in [1.29, 1.82) is 0 Å². The van der Waals surface area contributed by atoms with Crippen molar-refractivity contribution in [2.45, 2.75) is 13.5 Å². The van der Waals surface area contributed by atoms with Crippen molar-refractivity contribution >= 4 is 11.0 Å². The van der Waals surface area contributed by atoms with Gasteiger partial charge in [-0.2, -0.15) is 0 Å². The summed E-state index contributed by atoms with van der Waals surface area (Å²) >= 11 is 0. The minimum absolute atomic E-state index is 0.228. The fraction of sp³-hybridized carbons (Fsp3) is 0.176. The molecule has 0 saturated heterocycles. The lowest BCUT2D eigenvalue weighted by atomic mass is 10.0. The summed E-state index contributed by atoms with van der Waals surface area (Å²) in [5.41, 5.74) is 1.79. The number of benzene rings is 2. The van der Waals surface area contributed by atoms with Crippen LogP contribution in [0.1, 0.15) is 12.5 Å². The van der Waals surface area contributed by atoms with E-state index in [1.165, 1.54) is 18.2 Å². The molecule has 108 valence electrons. The molecule has 0 amide bonds. The molecule has 2 aromatic carbocycles. The molecule has 3 aromatic rings. The van der Waals surface area contributed by atoms with Crippen molar-refractivity contribution in [3.05, 3.63) is 59.7 Å². The highest BCUT2D eigenvalue weighted by Crippen LogP contribution is 2.31. The maximum atomic E-state index is 13.7. The quantitative estimate of drug-likeness (QED) is 0.765. The highest BCUT2D eigenvalue weighted by Gasteiger charge is 2.13. The van der Waals surface area contributed by atoms with Crippen molar-refractivity contribution in [2.24, 2.45) is 0 Å². The van der Waals surface area contributed by atoms with Gasteiger partial charge in [-0.05, 0) is 42.4 Å². The first-order valence-corrected chi connectivity index (χ1v) is 6.86. The van der Waals surface area contributed by atoms with E-state index in [2.05, 4.69) is 5.32 Å². The van der Waals surface area contributed by atoms with Crippen LogP contribution in [0.4, 0.5) is 8.78 Å². The van der Waals surface area contributed by atoms with Crippen molar-refractivity contribution in [3.8, 4) is 11.3 Å². The van der Waals surface area contributed by atoms with Crippen LogP contribution in [0.15, 0.2) is 46.9 Å². The van der Waals surface area contributed by atoms with Gasteiger partial charge >= 0.3 is 0 Å². The summed E-state index contributed by atoms with van der Waals surface area (Å²) in [7, 11) is 0. The van der Waals surface area contributed by atoms with E-state index in [1.807, 2.05) is 6.92 Å². The fourth-order valence-electron chi connectivity index (χ4n) is 2.37. The van der Waals surface area contributed by atoms with Crippen molar-refractivity contribution in [1.82, 2.24) is 5.32 Å². The highest BCUT2D eigenvalue weighted by molar-refractivity contribution is 5.83. The smallest absolute Gasteiger partial charge is 0.170 e. The Hall–Kier alpha value is -2.20. The number of hydrogen-bond acceptors (Lipinski definition) is 2. The number of hydrogen-bond donors (Lipinski definition) is 1. The number of furan rings is 1. The first-order chi connectivity index (χ1) is 10.2. The summed E-state index contributed by atoms with van der Waals surface area (Å²) in [6, 6.07) is 11.1. The molecular formula is C17H15F2NO. The van der Waals surface area contributed by atoms with Gasteiger partial charge in [-0.25, -0.2) is 8.78 Å². The van der Waals surface area contributed by atoms with E-state index in [-0.39, 0.29) is 11.4 Å². The molecule has 0 bridgehead atoms. The minimum Gasteiger partial charge on any atom is -0.453 e. The Morgan fingerprint density at radius 3 is 2.71 bits per heavy atom. The molecule has 21 heavy (non-hydrogen) atoms. The Bertz CT molecular complexity index is 780. The van der Waals surface area contributed by atoms with Gasteiger partial charge in [0.1, 0.15) is 11.6 Å². The third-order valence-corrected chi connectivity index (χ3v) is 3.39. The van der Waals surface area contributed by atoms with Crippen molar-refractivity contribution in [2.75, 3.05) is 6.54 Å². The SMILES string of the molecule is CCNCc1cc(F)ccc1-c1cc2cccc(F)c2o1. The lowest BCUT2D eigenvalue weighted by molar-refractivity contribution is 0.567. The minimum atomic E-state index is -0.394. The molecule has 1 heterocycles. The molecule has 0 fully saturated rings. The van der Waals surface area contributed by atoms with Gasteiger partial charge in [-0.1, -0.05) is 19.1 Å². The standard InChI is InChI=1S/C17H15F2NO/c1-2-20-10-12-8-13(18)6-7-14(12)16-9-11-4-3-5-15(19)17(11)21-16/h3-9,20H,2,10H2,1H3. The third-order valence-electron chi connectivity index (χ3n) is 3.39. The van der Waals surface area contributed by atoms with Crippen LogP contribution in [-0.2, 0) is 6.54 Å². The topological polar surface area (TPSA) is 25.2 Å². The summed E-state index contributed by atoms with van der Waals surface area (Å²) < 4.78 is 32.8. The van der Waals surface area contributed by atoms with Gasteiger partial charge in [0.25, 0.3) is 0 Å². The zero-order chi connectivity index (χ0) is 14.8. The van der Waals surface area contributed by atoms with Gasteiger partial charge in [0.05, 0.1) is 0 Å². The van der Waals surface area contributed by atoms with E-state index in [1.54, 1.807) is 24.3 Å². The second-order valence-corrected chi connectivity index (χ2v) is 4.85. The molecule has 3 rings (SSSR count). The molecule has 0 unspecified atom stereocenters. The van der Waals surface area contributed by atoms with Gasteiger partial charge in [0, 0.05) is 17.5 Å². The monoisotopic (exact) mass is 287 g/mol. The molecule has 4 heteroatoms. The zero-order valence-electron chi connectivity index (χ0n) is 11.6. The molecule has 0 aliphatic rings. The predicted molar refractivity (Wildman–Crippen MR) is 78.9 cm³/mol. The number of halogens is 2. The van der Waals surface area contributed by atoms with E-state index in [4.69, 9.17) is 4.42 Å². The zero-order valence-corrected chi connectivity index (χ0v) is 11.6. The molecule has 1 aromatic heterocycles. The van der Waals surface area contributed by atoms with E-state index >= 15 is 0 Å². The normalized spacial score (nSPS) is 11.2. The van der Waals surface area contributed by atoms with Crippen molar-refractivity contribution < 1.29 is 13.2 Å². The second kappa shape index (κ2) is 5.66. The van der Waals surface area contributed by atoms with Crippen LogP contribution in [0.25, 0.3) is 22.3 Å². The first-order valence-electron chi connectivity index (χ1n) is 6.86. The van der Waals surface area contributed by atoms with E-state index in [0.717, 1.165) is 17.7 Å². The fourth-order valence-corrected chi connectivity index (χ4v) is 2.37. The van der Waals surface area contributed by atoms with Crippen LogP contribution >= 0.6 is 0 Å². The van der Waals surface area contributed by atoms with Crippen LogP contribution in [0.2, 0.25) is 0 Å². The average molecular weight is 287 g/mol. The first kappa shape index (κ1) is 13.8. The summed E-state index contributed by atoms with van der Waals surface area (Å²) in [4.78, 5) is 0. The largest absolute Gasteiger partial charge is 0.453 e. The summed E-state index contributed by atoms with van der Waals surface area (Å²) in [5.74, 6) is -0.147. The summed E-state index contributed by atoms with van der Waals surface area (Å²) in [6.45, 7) is 3.30. The Kier molecular flexibility index (Phi) is 3.71. The molecule has 0 radical (unpaired) electrons. The van der Waals surface area contributed by atoms with Crippen LogP contribution in [0, 0.1) is 11.6 Å². The Labute approximate surface area is 121 Å². The number of nitrogens with one attached hydrogen (secondary N) is 1. The highest BCUT2D eigenvalue weighted by atomic mass is 19.1. The Morgan fingerprint density at radius 2 is 1.95 bits per heavy atom. The van der Waals surface area contributed by atoms with Gasteiger partial charge in [-0.15, -0.1) is 0 Å². The molecular weight excluding hydrogens is 272 g/mol. The van der Waals surface area contributed by atoms with Crippen LogP contribution in [0.3, 0.4) is 0 Å². The average Bonchev–Trinajstić information content (AvgIpc) is 2.90. The molecule has 0 atom stereocenters. The maximum absolute atomic E-state index is 13.7. The summed E-state index contributed by atoms with van der Waals surface area (Å²) in [5, 5.41) is 3.86. The second-order valence-electron chi connectivity index (χ2n) is 4.85. The van der Waals surface area contributed by atoms with Gasteiger partial charge in [0.15, 0.2) is 11.4 Å². The molecule has 0 saturated carbocycles. The van der Waals surface area contributed by atoms with Crippen LogP contribution in [-0.4, -0.2) is 6.54 Å². The molecule has 0 aliphatic heterocycles. The Morgan fingerprint density at radius 1 is 1.10 bits per heavy atom. The number of para-hydroxylation sites is 1. The van der Waals surface area contributed by atoms with Crippen LogP contribution in [0.5, 0.6) is 0 Å². The van der Waals surface area contributed by atoms with E-state index in [0.29, 0.717) is 17.7 Å². The predicted octanol–water partition coefficient (Wildman–Crippen LogP) is 4.49. The van der Waals surface area contributed by atoms with Gasteiger partial charge in [0.2, 0.25) is 0 Å². The molecule has 0 spiro atoms. The number of fused-ring (bicyclic) bond motifs is 1. The summed E-state index contributed by atoms with van der Waals surface area (Å²) in [6.07, 6.45) is 0. The maximum Gasteiger partial charge on any atom is 0.170 e. The Balaban J connectivity index is 2.11. The lowest BCUT2D eigenvalue weighted by Gasteiger charge is -2.08. The van der Waals surface area contributed by atoms with Gasteiger partial charge in [-0.3, -0.25) is 0 Å². The molecule has 2 nitrogen and oxygen atoms in total. The molecule has 0 aliphatic carbocycles. The lowest BCUT2D eigenvalue weighted by Crippen LogP contribution is -2.12. The number of rotatable bonds is 4. The van der Waals surface area contributed by atoms with Crippen LogP contribution < -0.4 is 5.32 Å². The van der Waals surface area contributed by atoms with Crippen molar-refractivity contribution in [3.63, 3.8) is 0 Å². The van der Waals surface area contributed by atoms with Gasteiger partial charge < -0.3 is 9.73 Å². The van der Waals surface area contributed by atoms with E-state index < -0.39 is 5.82 Å².